The molecule has 2 rings (SSSR count). The molecule has 0 spiro atoms. The number of carbonyl (C=O) groups is 1. The van der Waals surface area contributed by atoms with Crippen molar-refractivity contribution in [2.75, 3.05) is 19.8 Å². The number of nitrogens with two attached hydrogens (primary N) is 1. The van der Waals surface area contributed by atoms with Crippen molar-refractivity contribution in [3.63, 3.8) is 0 Å². The largest absolute Gasteiger partial charge is 0.381 e. The maximum Gasteiger partial charge on any atom is 0.237 e. The van der Waals surface area contributed by atoms with E-state index < -0.39 is 0 Å². The van der Waals surface area contributed by atoms with E-state index in [1.165, 1.54) is 19.3 Å². The van der Waals surface area contributed by atoms with Crippen LogP contribution in [-0.2, 0) is 9.53 Å². The van der Waals surface area contributed by atoms with Gasteiger partial charge in [0.05, 0.1) is 6.04 Å². The molecule has 1 heterocycles. The molecule has 1 atom stereocenters. The van der Waals surface area contributed by atoms with Crippen molar-refractivity contribution in [1.82, 2.24) is 5.32 Å². The van der Waals surface area contributed by atoms with E-state index in [0.717, 1.165) is 32.6 Å². The standard InChI is InChI=1S/C12H22N2O2/c13-11(10-4-6-16-7-5-10)12(15)14-8-9-2-1-3-9/h9-11H,1-8,13H2,(H,14,15). The Morgan fingerprint density at radius 3 is 2.56 bits per heavy atom. The summed E-state index contributed by atoms with van der Waals surface area (Å²) in [6.07, 6.45) is 5.65. The lowest BCUT2D eigenvalue weighted by Crippen LogP contribution is -2.48. The van der Waals surface area contributed by atoms with Crippen LogP contribution in [0.4, 0.5) is 0 Å². The topological polar surface area (TPSA) is 64.4 Å². The predicted molar refractivity (Wildman–Crippen MR) is 61.9 cm³/mol. The summed E-state index contributed by atoms with van der Waals surface area (Å²) in [4.78, 5) is 11.8. The van der Waals surface area contributed by atoms with Crippen molar-refractivity contribution in [3.8, 4) is 0 Å². The van der Waals surface area contributed by atoms with E-state index in [1.807, 2.05) is 0 Å². The molecule has 1 saturated heterocycles. The monoisotopic (exact) mass is 226 g/mol. The van der Waals surface area contributed by atoms with Crippen molar-refractivity contribution >= 4 is 5.91 Å². The van der Waals surface area contributed by atoms with E-state index in [-0.39, 0.29) is 11.9 Å². The van der Waals surface area contributed by atoms with Gasteiger partial charge in [-0.15, -0.1) is 0 Å². The molecule has 92 valence electrons. The SMILES string of the molecule is NC(C(=O)NCC1CCC1)C1CCOCC1. The molecule has 4 heteroatoms. The van der Waals surface area contributed by atoms with E-state index >= 15 is 0 Å². The number of nitrogens with one attached hydrogen (secondary N) is 1. The lowest BCUT2D eigenvalue weighted by Gasteiger charge is -2.29. The molecule has 0 radical (unpaired) electrons. The van der Waals surface area contributed by atoms with E-state index in [9.17, 15) is 4.79 Å². The zero-order valence-corrected chi connectivity index (χ0v) is 9.78. The maximum atomic E-state index is 11.8. The molecule has 1 unspecified atom stereocenters. The van der Waals surface area contributed by atoms with Crippen LogP contribution in [-0.4, -0.2) is 31.7 Å². The lowest BCUT2D eigenvalue weighted by atomic mass is 9.85. The van der Waals surface area contributed by atoms with Gasteiger partial charge in [-0.2, -0.15) is 0 Å². The van der Waals surface area contributed by atoms with Crippen molar-refractivity contribution in [1.29, 1.82) is 0 Å². The zero-order valence-electron chi connectivity index (χ0n) is 9.78. The van der Waals surface area contributed by atoms with Gasteiger partial charge in [0.15, 0.2) is 0 Å². The van der Waals surface area contributed by atoms with Gasteiger partial charge in [-0.05, 0) is 37.5 Å². The van der Waals surface area contributed by atoms with Crippen molar-refractivity contribution in [2.24, 2.45) is 17.6 Å². The molecule has 3 N–H and O–H groups in total. The van der Waals surface area contributed by atoms with Crippen LogP contribution in [0.5, 0.6) is 0 Å². The average molecular weight is 226 g/mol. The van der Waals surface area contributed by atoms with Crippen molar-refractivity contribution < 1.29 is 9.53 Å². The van der Waals surface area contributed by atoms with Gasteiger partial charge in [0.1, 0.15) is 0 Å². The summed E-state index contributed by atoms with van der Waals surface area (Å²) in [5, 5.41) is 2.98. The number of hydrogen-bond acceptors (Lipinski definition) is 3. The van der Waals surface area contributed by atoms with E-state index in [2.05, 4.69) is 5.32 Å². The summed E-state index contributed by atoms with van der Waals surface area (Å²) in [7, 11) is 0. The number of carbonyl (C=O) groups excluding carboxylic acids is 1. The molecule has 4 nitrogen and oxygen atoms in total. The molecule has 2 fully saturated rings. The van der Waals surface area contributed by atoms with Gasteiger partial charge in [0.2, 0.25) is 5.91 Å². The first-order valence-corrected chi connectivity index (χ1v) is 6.38. The van der Waals surface area contributed by atoms with Gasteiger partial charge in [-0.1, -0.05) is 6.42 Å². The summed E-state index contributed by atoms with van der Waals surface area (Å²) < 4.78 is 5.27. The molecular weight excluding hydrogens is 204 g/mol. The van der Waals surface area contributed by atoms with Gasteiger partial charge >= 0.3 is 0 Å². The molecule has 1 aliphatic carbocycles. The fourth-order valence-corrected chi connectivity index (χ4v) is 2.35. The third-order valence-electron chi connectivity index (χ3n) is 3.87. The van der Waals surface area contributed by atoms with Crippen LogP contribution in [0.2, 0.25) is 0 Å². The number of hydrogen-bond donors (Lipinski definition) is 2. The summed E-state index contributed by atoms with van der Waals surface area (Å²) >= 11 is 0. The Labute approximate surface area is 96.9 Å². The third kappa shape index (κ3) is 2.95. The van der Waals surface area contributed by atoms with Gasteiger partial charge < -0.3 is 15.8 Å². The molecule has 0 aromatic heterocycles. The summed E-state index contributed by atoms with van der Waals surface area (Å²) in [5.74, 6) is 1.03. The van der Waals surface area contributed by atoms with Gasteiger partial charge in [0.25, 0.3) is 0 Å². The van der Waals surface area contributed by atoms with Crippen LogP contribution >= 0.6 is 0 Å². The van der Waals surface area contributed by atoms with Gasteiger partial charge in [0, 0.05) is 19.8 Å². The first kappa shape index (κ1) is 11.9. The summed E-state index contributed by atoms with van der Waals surface area (Å²) in [6, 6.07) is -0.344. The van der Waals surface area contributed by atoms with Crippen LogP contribution in [0.1, 0.15) is 32.1 Å². The number of ether oxygens (including phenoxy) is 1. The van der Waals surface area contributed by atoms with Crippen LogP contribution < -0.4 is 11.1 Å². The van der Waals surface area contributed by atoms with Crippen LogP contribution in [0.15, 0.2) is 0 Å². The van der Waals surface area contributed by atoms with E-state index in [0.29, 0.717) is 11.8 Å². The smallest absolute Gasteiger partial charge is 0.237 e. The Hall–Kier alpha value is -0.610. The second-order valence-electron chi connectivity index (χ2n) is 5.02. The molecule has 1 saturated carbocycles. The average Bonchev–Trinajstić information content (AvgIpc) is 2.27. The second-order valence-corrected chi connectivity index (χ2v) is 5.02. The molecule has 2 aliphatic rings. The van der Waals surface area contributed by atoms with Crippen LogP contribution in [0.25, 0.3) is 0 Å². The fourth-order valence-electron chi connectivity index (χ4n) is 2.35. The Balaban J connectivity index is 1.69. The van der Waals surface area contributed by atoms with E-state index in [4.69, 9.17) is 10.5 Å². The Morgan fingerprint density at radius 2 is 2.00 bits per heavy atom. The van der Waals surface area contributed by atoms with E-state index in [1.54, 1.807) is 0 Å². The molecule has 0 bridgehead atoms. The van der Waals surface area contributed by atoms with Gasteiger partial charge in [-0.25, -0.2) is 0 Å². The normalized spacial score (nSPS) is 24.8. The highest BCUT2D eigenvalue weighted by Gasteiger charge is 2.27. The first-order chi connectivity index (χ1) is 7.77. The minimum Gasteiger partial charge on any atom is -0.381 e. The highest BCUT2D eigenvalue weighted by atomic mass is 16.5. The molecule has 0 aromatic carbocycles. The molecule has 1 amide bonds. The molecule has 1 aliphatic heterocycles. The summed E-state index contributed by atoms with van der Waals surface area (Å²) in [6.45, 7) is 2.30. The lowest BCUT2D eigenvalue weighted by molar-refractivity contribution is -0.124. The van der Waals surface area contributed by atoms with Gasteiger partial charge in [-0.3, -0.25) is 4.79 Å². The fraction of sp³-hybridized carbons (Fsp3) is 0.917. The minimum atomic E-state index is -0.344. The Morgan fingerprint density at radius 1 is 1.31 bits per heavy atom. The third-order valence-corrected chi connectivity index (χ3v) is 3.87. The molecule has 0 aromatic rings. The highest BCUT2D eigenvalue weighted by Crippen LogP contribution is 2.25. The quantitative estimate of drug-likeness (QED) is 0.740. The highest BCUT2D eigenvalue weighted by molar-refractivity contribution is 5.81. The zero-order chi connectivity index (χ0) is 11.4. The Kier molecular flexibility index (Phi) is 4.18. The van der Waals surface area contributed by atoms with Crippen LogP contribution in [0.3, 0.4) is 0 Å². The maximum absolute atomic E-state index is 11.8. The first-order valence-electron chi connectivity index (χ1n) is 6.38. The summed E-state index contributed by atoms with van der Waals surface area (Å²) in [5.41, 5.74) is 5.97. The Bertz CT molecular complexity index is 235. The number of amides is 1. The van der Waals surface area contributed by atoms with Crippen LogP contribution in [0, 0.1) is 11.8 Å². The molecule has 16 heavy (non-hydrogen) atoms. The van der Waals surface area contributed by atoms with Crippen molar-refractivity contribution in [2.45, 2.75) is 38.1 Å². The number of rotatable bonds is 4. The second kappa shape index (κ2) is 5.64. The predicted octanol–water partition coefficient (Wildman–Crippen LogP) is 0.657. The minimum absolute atomic E-state index is 0.0267. The molecular formula is C12H22N2O2. The van der Waals surface area contributed by atoms with Crippen molar-refractivity contribution in [3.05, 3.63) is 0 Å².